The van der Waals surface area contributed by atoms with Crippen LogP contribution in [0.3, 0.4) is 0 Å². The minimum absolute atomic E-state index is 0.945. The van der Waals surface area contributed by atoms with E-state index in [0.717, 1.165) is 24.3 Å². The Balaban J connectivity index is 1.88. The molecule has 0 unspecified atom stereocenters. The third-order valence-electron chi connectivity index (χ3n) is 3.62. The molecular formula is C16H13NO. The highest BCUT2D eigenvalue weighted by molar-refractivity contribution is 5.75. The van der Waals surface area contributed by atoms with Crippen LogP contribution in [0.4, 0.5) is 0 Å². The maximum atomic E-state index is 5.54. The largest absolute Gasteiger partial charge is 0.463 e. The Labute approximate surface area is 106 Å². The number of nitrogens with zero attached hydrogens (tertiary/aromatic N) is 1. The van der Waals surface area contributed by atoms with Gasteiger partial charge in [0.1, 0.15) is 5.76 Å². The van der Waals surface area contributed by atoms with Crippen molar-refractivity contribution in [2.75, 3.05) is 6.54 Å². The summed E-state index contributed by atoms with van der Waals surface area (Å²) in [5, 5.41) is 0. The van der Waals surface area contributed by atoms with E-state index < -0.39 is 0 Å². The summed E-state index contributed by atoms with van der Waals surface area (Å²) >= 11 is 0. The lowest BCUT2D eigenvalue weighted by Crippen LogP contribution is -2.27. The van der Waals surface area contributed by atoms with Crippen LogP contribution in [0.1, 0.15) is 11.1 Å². The molecule has 0 N–H and O–H groups in total. The molecule has 0 amide bonds. The third-order valence-corrected chi connectivity index (χ3v) is 3.62. The minimum atomic E-state index is 0.945. The van der Waals surface area contributed by atoms with E-state index in [-0.39, 0.29) is 0 Å². The number of allylic oxidation sites excluding steroid dienone is 3. The molecule has 0 aliphatic carbocycles. The van der Waals surface area contributed by atoms with Crippen molar-refractivity contribution in [3.63, 3.8) is 0 Å². The quantitative estimate of drug-likeness (QED) is 0.684. The molecule has 0 saturated carbocycles. The highest BCUT2D eigenvalue weighted by Gasteiger charge is 2.25. The molecule has 18 heavy (non-hydrogen) atoms. The Kier molecular flexibility index (Phi) is 1.97. The van der Waals surface area contributed by atoms with E-state index in [9.17, 15) is 0 Å². The van der Waals surface area contributed by atoms with Crippen molar-refractivity contribution in [3.8, 4) is 0 Å². The summed E-state index contributed by atoms with van der Waals surface area (Å²) in [6.07, 6.45) is 11.2. The van der Waals surface area contributed by atoms with Gasteiger partial charge in [-0.25, -0.2) is 0 Å². The fourth-order valence-corrected chi connectivity index (χ4v) is 2.72. The van der Waals surface area contributed by atoms with E-state index in [1.54, 1.807) is 6.26 Å². The smallest absolute Gasteiger partial charge is 0.149 e. The van der Waals surface area contributed by atoms with Crippen LogP contribution < -0.4 is 0 Å². The van der Waals surface area contributed by atoms with Gasteiger partial charge in [0.25, 0.3) is 0 Å². The fourth-order valence-electron chi connectivity index (χ4n) is 2.72. The number of hydrogen-bond acceptors (Lipinski definition) is 2. The van der Waals surface area contributed by atoms with Crippen molar-refractivity contribution >= 4 is 5.70 Å². The van der Waals surface area contributed by atoms with E-state index in [2.05, 4.69) is 47.5 Å². The van der Waals surface area contributed by atoms with Crippen molar-refractivity contribution in [1.82, 2.24) is 4.90 Å². The molecule has 0 spiro atoms. The van der Waals surface area contributed by atoms with Crippen LogP contribution in [0.2, 0.25) is 0 Å². The summed E-state index contributed by atoms with van der Waals surface area (Å²) in [5.74, 6) is 0.945. The molecule has 0 fully saturated rings. The van der Waals surface area contributed by atoms with Crippen LogP contribution in [0.15, 0.2) is 66.3 Å². The summed E-state index contributed by atoms with van der Waals surface area (Å²) in [5.41, 5.74) is 5.21. The summed E-state index contributed by atoms with van der Waals surface area (Å²) < 4.78 is 5.54. The minimum Gasteiger partial charge on any atom is -0.463 e. The first-order valence-electron chi connectivity index (χ1n) is 6.24. The van der Waals surface area contributed by atoms with Crippen LogP contribution in [0.5, 0.6) is 0 Å². The molecule has 0 radical (unpaired) electrons. The van der Waals surface area contributed by atoms with Crippen molar-refractivity contribution in [3.05, 3.63) is 77.4 Å². The van der Waals surface area contributed by atoms with Gasteiger partial charge in [-0.05, 0) is 30.2 Å². The number of fused-ring (bicyclic) bond motifs is 4. The molecule has 2 heteroatoms. The lowest BCUT2D eigenvalue weighted by Gasteiger charge is -2.34. The monoisotopic (exact) mass is 235 g/mol. The molecule has 88 valence electrons. The van der Waals surface area contributed by atoms with Crippen LogP contribution in [0.25, 0.3) is 5.70 Å². The number of ether oxygens (including phenoxy) is 1. The predicted octanol–water partition coefficient (Wildman–Crippen LogP) is 3.21. The molecule has 0 bridgehead atoms. The first-order valence-corrected chi connectivity index (χ1v) is 6.24. The average Bonchev–Trinajstić information content (AvgIpc) is 2.45. The van der Waals surface area contributed by atoms with Gasteiger partial charge in [-0.3, -0.25) is 0 Å². The Morgan fingerprint density at radius 3 is 3.11 bits per heavy atom. The third kappa shape index (κ3) is 1.35. The molecule has 4 rings (SSSR count). The molecule has 1 aromatic rings. The van der Waals surface area contributed by atoms with Crippen LogP contribution >= 0.6 is 0 Å². The number of rotatable bonds is 0. The van der Waals surface area contributed by atoms with E-state index in [1.807, 2.05) is 6.08 Å². The van der Waals surface area contributed by atoms with Gasteiger partial charge in [-0.15, -0.1) is 0 Å². The zero-order valence-electron chi connectivity index (χ0n) is 9.97. The second-order valence-corrected chi connectivity index (χ2v) is 4.69. The maximum absolute atomic E-state index is 5.54. The maximum Gasteiger partial charge on any atom is 0.149 e. The standard InChI is InChI=1S/C16H13NO/c1-2-6-14-12(4-1)7-8-17-11-16-13(10-15(14)17)5-3-9-18-16/h1-6,9-11H,7-8H2. The topological polar surface area (TPSA) is 12.5 Å². The Hall–Kier alpha value is -2.22. The second-order valence-electron chi connectivity index (χ2n) is 4.69. The van der Waals surface area contributed by atoms with E-state index >= 15 is 0 Å². The summed E-state index contributed by atoms with van der Waals surface area (Å²) in [7, 11) is 0. The van der Waals surface area contributed by atoms with Gasteiger partial charge >= 0.3 is 0 Å². The highest BCUT2D eigenvalue weighted by atomic mass is 16.5. The van der Waals surface area contributed by atoms with Crippen molar-refractivity contribution in [2.45, 2.75) is 6.42 Å². The highest BCUT2D eigenvalue weighted by Crippen LogP contribution is 2.36. The predicted molar refractivity (Wildman–Crippen MR) is 71.2 cm³/mol. The summed E-state index contributed by atoms with van der Waals surface area (Å²) in [6.45, 7) is 1.02. The molecule has 3 heterocycles. The van der Waals surface area contributed by atoms with Crippen molar-refractivity contribution in [2.24, 2.45) is 0 Å². The number of benzene rings is 1. The first kappa shape index (κ1) is 9.77. The van der Waals surface area contributed by atoms with Crippen LogP contribution in [0, 0.1) is 0 Å². The van der Waals surface area contributed by atoms with E-state index in [1.165, 1.54) is 16.8 Å². The Morgan fingerprint density at radius 1 is 1.17 bits per heavy atom. The zero-order chi connectivity index (χ0) is 11.9. The number of hydrogen-bond donors (Lipinski definition) is 0. The lowest BCUT2D eigenvalue weighted by atomic mass is 9.93. The summed E-state index contributed by atoms with van der Waals surface area (Å²) in [6, 6.07) is 8.64. The molecule has 2 nitrogen and oxygen atoms in total. The Morgan fingerprint density at radius 2 is 2.11 bits per heavy atom. The van der Waals surface area contributed by atoms with E-state index in [4.69, 9.17) is 4.74 Å². The van der Waals surface area contributed by atoms with Gasteiger partial charge in [0, 0.05) is 29.6 Å². The van der Waals surface area contributed by atoms with Gasteiger partial charge in [0.05, 0.1) is 6.26 Å². The van der Waals surface area contributed by atoms with Gasteiger partial charge in [0.15, 0.2) is 0 Å². The lowest BCUT2D eigenvalue weighted by molar-refractivity contribution is 0.339. The molecule has 0 aromatic heterocycles. The first-order chi connectivity index (χ1) is 8.92. The SMILES string of the molecule is C1=COC2=CN3CCc4ccccc4C3=CC2=C1. The Bertz CT molecular complexity index is 634. The second kappa shape index (κ2) is 3.64. The van der Waals surface area contributed by atoms with Crippen molar-refractivity contribution < 1.29 is 4.74 Å². The summed E-state index contributed by atoms with van der Waals surface area (Å²) in [4.78, 5) is 2.29. The van der Waals surface area contributed by atoms with Crippen molar-refractivity contribution in [1.29, 1.82) is 0 Å². The van der Waals surface area contributed by atoms with Crippen LogP contribution in [-0.2, 0) is 11.2 Å². The van der Waals surface area contributed by atoms with E-state index in [0.29, 0.717) is 0 Å². The molecule has 3 aliphatic heterocycles. The normalized spacial score (nSPS) is 19.8. The van der Waals surface area contributed by atoms with Crippen LogP contribution in [-0.4, -0.2) is 11.4 Å². The zero-order valence-corrected chi connectivity index (χ0v) is 9.97. The molecular weight excluding hydrogens is 222 g/mol. The van der Waals surface area contributed by atoms with Gasteiger partial charge in [-0.2, -0.15) is 0 Å². The molecule has 0 saturated heterocycles. The average molecular weight is 235 g/mol. The van der Waals surface area contributed by atoms with Gasteiger partial charge < -0.3 is 9.64 Å². The van der Waals surface area contributed by atoms with Gasteiger partial charge in [0.2, 0.25) is 0 Å². The fraction of sp³-hybridized carbons (Fsp3) is 0.125. The molecule has 0 atom stereocenters. The molecule has 3 aliphatic rings. The van der Waals surface area contributed by atoms with Gasteiger partial charge in [-0.1, -0.05) is 24.3 Å². The molecule has 1 aromatic carbocycles.